The fraction of sp³-hybridized carbons (Fsp3) is 0.462. The number of anilines is 1. The van der Waals surface area contributed by atoms with E-state index >= 15 is 0 Å². The molecular weight excluding hydrogens is 240 g/mol. The summed E-state index contributed by atoms with van der Waals surface area (Å²) in [6, 6.07) is 6.87. The Hall–Kier alpha value is -1.95. The van der Waals surface area contributed by atoms with Gasteiger partial charge >= 0.3 is 0 Å². The van der Waals surface area contributed by atoms with Gasteiger partial charge in [-0.3, -0.25) is 0 Å². The van der Waals surface area contributed by atoms with Crippen molar-refractivity contribution in [1.82, 2.24) is 25.5 Å². The minimum Gasteiger partial charge on any atom is -0.382 e. The normalized spacial score (nSPS) is 16.5. The largest absolute Gasteiger partial charge is 0.382 e. The second-order valence-electron chi connectivity index (χ2n) is 4.92. The van der Waals surface area contributed by atoms with Gasteiger partial charge in [0.25, 0.3) is 0 Å². The third-order valence-electron chi connectivity index (χ3n) is 3.51. The van der Waals surface area contributed by atoms with E-state index in [4.69, 9.17) is 0 Å². The molecule has 0 amide bonds. The van der Waals surface area contributed by atoms with E-state index in [1.807, 2.05) is 0 Å². The van der Waals surface area contributed by atoms with Gasteiger partial charge in [-0.25, -0.2) is 4.68 Å². The van der Waals surface area contributed by atoms with Gasteiger partial charge in [-0.1, -0.05) is 6.07 Å². The summed E-state index contributed by atoms with van der Waals surface area (Å²) in [5.74, 6) is 0. The Kier molecular flexibility index (Phi) is 3.41. The van der Waals surface area contributed by atoms with Gasteiger partial charge in [0.2, 0.25) is 0 Å². The van der Waals surface area contributed by atoms with E-state index in [0.717, 1.165) is 42.9 Å². The Bertz CT molecular complexity index is 530. The number of aromatic nitrogens is 4. The maximum Gasteiger partial charge on any atom is 0.143 e. The first-order valence-corrected chi connectivity index (χ1v) is 6.64. The van der Waals surface area contributed by atoms with Crippen molar-refractivity contribution in [3.05, 3.63) is 30.1 Å². The summed E-state index contributed by atoms with van der Waals surface area (Å²) in [4.78, 5) is 0. The Morgan fingerprint density at radius 3 is 2.89 bits per heavy atom. The molecule has 1 fully saturated rings. The second-order valence-corrected chi connectivity index (χ2v) is 4.92. The molecule has 19 heavy (non-hydrogen) atoms. The van der Waals surface area contributed by atoms with Crippen LogP contribution >= 0.6 is 0 Å². The fourth-order valence-electron chi connectivity index (χ4n) is 2.42. The number of rotatable bonds is 3. The zero-order valence-electron chi connectivity index (χ0n) is 11.0. The third-order valence-corrected chi connectivity index (χ3v) is 3.51. The van der Waals surface area contributed by atoms with Crippen LogP contribution in [0, 0.1) is 6.92 Å². The summed E-state index contributed by atoms with van der Waals surface area (Å²) in [7, 11) is 0. The number of benzene rings is 1. The lowest BCUT2D eigenvalue weighted by Crippen LogP contribution is -2.35. The van der Waals surface area contributed by atoms with Gasteiger partial charge in [0.05, 0.1) is 5.69 Å². The number of nitrogens with one attached hydrogen (secondary N) is 2. The molecule has 1 aromatic heterocycles. The van der Waals surface area contributed by atoms with Crippen LogP contribution in [0.25, 0.3) is 5.69 Å². The molecule has 0 aliphatic carbocycles. The molecule has 2 heterocycles. The van der Waals surface area contributed by atoms with E-state index in [-0.39, 0.29) is 0 Å². The first-order chi connectivity index (χ1) is 9.33. The maximum absolute atomic E-state index is 3.95. The van der Waals surface area contributed by atoms with Crippen LogP contribution in [-0.2, 0) is 0 Å². The maximum atomic E-state index is 3.95. The van der Waals surface area contributed by atoms with Gasteiger partial charge in [-0.2, -0.15) is 0 Å². The summed E-state index contributed by atoms with van der Waals surface area (Å²) in [6.07, 6.45) is 3.94. The molecule has 0 radical (unpaired) electrons. The lowest BCUT2D eigenvalue weighted by Gasteiger charge is -2.25. The Morgan fingerprint density at radius 2 is 2.16 bits per heavy atom. The number of tetrazole rings is 1. The predicted molar refractivity (Wildman–Crippen MR) is 73.4 cm³/mol. The molecule has 1 aliphatic rings. The van der Waals surface area contributed by atoms with Crippen LogP contribution in [0.5, 0.6) is 0 Å². The summed E-state index contributed by atoms with van der Waals surface area (Å²) < 4.78 is 1.70. The van der Waals surface area contributed by atoms with Crippen molar-refractivity contribution in [2.24, 2.45) is 0 Å². The summed E-state index contributed by atoms with van der Waals surface area (Å²) in [5, 5.41) is 18.3. The van der Waals surface area contributed by atoms with Crippen molar-refractivity contribution in [2.45, 2.75) is 25.8 Å². The van der Waals surface area contributed by atoms with Gasteiger partial charge in [-0.15, -0.1) is 5.10 Å². The molecule has 1 aromatic carbocycles. The number of nitrogens with zero attached hydrogens (tertiary/aromatic N) is 4. The second kappa shape index (κ2) is 5.36. The van der Waals surface area contributed by atoms with Crippen LogP contribution in [-0.4, -0.2) is 39.3 Å². The molecule has 2 aromatic rings. The molecule has 6 heteroatoms. The summed E-state index contributed by atoms with van der Waals surface area (Å²) in [5.41, 5.74) is 3.30. The van der Waals surface area contributed by atoms with Crippen LogP contribution < -0.4 is 10.6 Å². The monoisotopic (exact) mass is 258 g/mol. The van der Waals surface area contributed by atoms with Gasteiger partial charge < -0.3 is 10.6 Å². The van der Waals surface area contributed by atoms with Crippen molar-refractivity contribution < 1.29 is 0 Å². The Balaban J connectivity index is 1.81. The minimum absolute atomic E-state index is 0.547. The van der Waals surface area contributed by atoms with E-state index in [2.05, 4.69) is 51.3 Å². The molecule has 1 saturated heterocycles. The lowest BCUT2D eigenvalue weighted by atomic mass is 10.1. The molecule has 0 saturated carbocycles. The highest BCUT2D eigenvalue weighted by molar-refractivity contribution is 5.55. The topological polar surface area (TPSA) is 67.7 Å². The van der Waals surface area contributed by atoms with Crippen molar-refractivity contribution in [3.8, 4) is 5.69 Å². The zero-order chi connectivity index (χ0) is 13.1. The molecule has 100 valence electrons. The van der Waals surface area contributed by atoms with Crippen molar-refractivity contribution >= 4 is 5.69 Å². The van der Waals surface area contributed by atoms with Crippen LogP contribution in [0.4, 0.5) is 5.69 Å². The number of hydrogen-bond acceptors (Lipinski definition) is 5. The third kappa shape index (κ3) is 2.73. The molecule has 3 rings (SSSR count). The molecule has 0 atom stereocenters. The molecule has 1 aliphatic heterocycles. The highest BCUT2D eigenvalue weighted by Gasteiger charge is 2.13. The molecule has 2 N–H and O–H groups in total. The zero-order valence-corrected chi connectivity index (χ0v) is 11.0. The van der Waals surface area contributed by atoms with Crippen molar-refractivity contribution in [1.29, 1.82) is 0 Å². The van der Waals surface area contributed by atoms with Gasteiger partial charge in [0, 0.05) is 11.7 Å². The SMILES string of the molecule is Cc1ccc(NC2CCNCC2)cc1-n1cnnn1. The summed E-state index contributed by atoms with van der Waals surface area (Å²) >= 11 is 0. The van der Waals surface area contributed by atoms with Crippen LogP contribution in [0.1, 0.15) is 18.4 Å². The van der Waals surface area contributed by atoms with Crippen LogP contribution in [0.2, 0.25) is 0 Å². The molecular formula is C13H18N6. The van der Waals surface area contributed by atoms with E-state index in [0.29, 0.717) is 6.04 Å². The van der Waals surface area contributed by atoms with E-state index in [1.54, 1.807) is 11.0 Å². The quantitative estimate of drug-likeness (QED) is 0.864. The van der Waals surface area contributed by atoms with Crippen molar-refractivity contribution in [3.63, 3.8) is 0 Å². The molecule has 0 unspecified atom stereocenters. The first kappa shape index (κ1) is 12.1. The van der Waals surface area contributed by atoms with E-state index in [1.165, 1.54) is 0 Å². The van der Waals surface area contributed by atoms with Crippen LogP contribution in [0.3, 0.4) is 0 Å². The molecule has 0 bridgehead atoms. The van der Waals surface area contributed by atoms with Gasteiger partial charge in [0.15, 0.2) is 0 Å². The highest BCUT2D eigenvalue weighted by Crippen LogP contribution is 2.20. The molecule has 0 spiro atoms. The smallest absolute Gasteiger partial charge is 0.143 e. The predicted octanol–water partition coefficient (Wildman–Crippen LogP) is 1.13. The van der Waals surface area contributed by atoms with Crippen LogP contribution in [0.15, 0.2) is 24.5 Å². The average Bonchev–Trinajstić information content (AvgIpc) is 2.96. The van der Waals surface area contributed by atoms with E-state index < -0.39 is 0 Å². The molecule has 6 nitrogen and oxygen atoms in total. The summed E-state index contributed by atoms with van der Waals surface area (Å²) in [6.45, 7) is 4.23. The fourth-order valence-corrected chi connectivity index (χ4v) is 2.42. The van der Waals surface area contributed by atoms with E-state index in [9.17, 15) is 0 Å². The van der Waals surface area contributed by atoms with Gasteiger partial charge in [0.1, 0.15) is 6.33 Å². The standard InChI is InChI=1S/C13H18N6/c1-10-2-3-12(16-11-4-6-14-7-5-11)8-13(10)19-9-15-17-18-19/h2-3,8-9,11,14,16H,4-7H2,1H3. The number of aryl methyl sites for hydroxylation is 1. The van der Waals surface area contributed by atoms with Crippen molar-refractivity contribution in [2.75, 3.05) is 18.4 Å². The average molecular weight is 258 g/mol. The first-order valence-electron chi connectivity index (χ1n) is 6.64. The highest BCUT2D eigenvalue weighted by atomic mass is 15.5. The van der Waals surface area contributed by atoms with Gasteiger partial charge in [-0.05, 0) is 61.0 Å². The number of hydrogen-bond donors (Lipinski definition) is 2. The number of piperidine rings is 1. The lowest BCUT2D eigenvalue weighted by molar-refractivity contribution is 0.479. The Labute approximate surface area is 112 Å². The Morgan fingerprint density at radius 1 is 1.32 bits per heavy atom. The minimum atomic E-state index is 0.547.